The zero-order valence-electron chi connectivity index (χ0n) is 16.3. The van der Waals surface area contributed by atoms with Crippen LogP contribution in [0.4, 0.5) is 13.2 Å². The average molecular weight is 410 g/mol. The lowest BCUT2D eigenvalue weighted by Gasteiger charge is -2.23. The third kappa shape index (κ3) is 3.97. The average Bonchev–Trinajstić information content (AvgIpc) is 2.77. The van der Waals surface area contributed by atoms with Gasteiger partial charge < -0.3 is 5.11 Å². The molecule has 4 rings (SSSR count). The summed E-state index contributed by atoms with van der Waals surface area (Å²) in [7, 11) is 0. The summed E-state index contributed by atoms with van der Waals surface area (Å²) in [6.07, 6.45) is 5.81. The minimum absolute atomic E-state index is 0.209. The number of rotatable bonds is 4. The molecule has 30 heavy (non-hydrogen) atoms. The number of benzene rings is 3. The number of carbonyl (C=O) groups is 1. The van der Waals surface area contributed by atoms with Gasteiger partial charge in [0.05, 0.1) is 5.56 Å². The normalized spacial score (nSPS) is 14.6. The van der Waals surface area contributed by atoms with Crippen LogP contribution in [0.2, 0.25) is 0 Å². The maximum Gasteiger partial charge on any atom is 0.336 e. The van der Waals surface area contributed by atoms with Crippen molar-refractivity contribution in [2.75, 3.05) is 0 Å². The van der Waals surface area contributed by atoms with Crippen LogP contribution in [0.25, 0.3) is 22.3 Å². The first kappa shape index (κ1) is 20.2. The predicted molar refractivity (Wildman–Crippen MR) is 110 cm³/mol. The Morgan fingerprint density at radius 2 is 1.37 bits per heavy atom. The lowest BCUT2D eigenvalue weighted by molar-refractivity contribution is 0.0697. The minimum Gasteiger partial charge on any atom is -0.478 e. The van der Waals surface area contributed by atoms with Crippen LogP contribution in [-0.2, 0) is 0 Å². The molecule has 2 nitrogen and oxygen atoms in total. The van der Waals surface area contributed by atoms with Gasteiger partial charge in [0, 0.05) is 0 Å². The van der Waals surface area contributed by atoms with Gasteiger partial charge in [0.2, 0.25) is 0 Å². The highest BCUT2D eigenvalue weighted by Crippen LogP contribution is 2.36. The molecule has 0 saturated heterocycles. The highest BCUT2D eigenvalue weighted by molar-refractivity contribution is 5.96. The van der Waals surface area contributed by atoms with E-state index < -0.39 is 23.4 Å². The fraction of sp³-hybridized carbons (Fsp3) is 0.240. The van der Waals surface area contributed by atoms with Crippen molar-refractivity contribution >= 4 is 5.97 Å². The van der Waals surface area contributed by atoms with E-state index in [-0.39, 0.29) is 11.1 Å². The van der Waals surface area contributed by atoms with Crippen molar-refractivity contribution in [2.45, 2.75) is 38.0 Å². The van der Waals surface area contributed by atoms with Gasteiger partial charge in [-0.15, -0.1) is 0 Å². The third-order valence-corrected chi connectivity index (χ3v) is 5.86. The largest absolute Gasteiger partial charge is 0.478 e. The number of aromatic carboxylic acids is 1. The molecule has 5 heteroatoms. The molecule has 0 radical (unpaired) electrons. The molecule has 0 aliphatic heterocycles. The van der Waals surface area contributed by atoms with Crippen LogP contribution in [-0.4, -0.2) is 11.1 Å². The van der Waals surface area contributed by atoms with E-state index in [0.29, 0.717) is 22.6 Å². The van der Waals surface area contributed by atoms with Crippen molar-refractivity contribution < 1.29 is 23.1 Å². The van der Waals surface area contributed by atoms with Crippen LogP contribution in [0.3, 0.4) is 0 Å². The summed E-state index contributed by atoms with van der Waals surface area (Å²) < 4.78 is 40.3. The molecular weight excluding hydrogens is 389 g/mol. The van der Waals surface area contributed by atoms with E-state index >= 15 is 0 Å². The predicted octanol–water partition coefficient (Wildman–Crippen LogP) is 7.18. The Balaban J connectivity index is 1.71. The quantitative estimate of drug-likeness (QED) is 0.463. The molecule has 0 bridgehead atoms. The second kappa shape index (κ2) is 8.34. The van der Waals surface area contributed by atoms with Gasteiger partial charge in [0.1, 0.15) is 0 Å². The molecule has 1 N–H and O–H groups in total. The van der Waals surface area contributed by atoms with Gasteiger partial charge in [-0.05, 0) is 64.8 Å². The Morgan fingerprint density at radius 1 is 0.767 bits per heavy atom. The van der Waals surface area contributed by atoms with Crippen molar-refractivity contribution in [3.05, 3.63) is 83.2 Å². The molecule has 1 fully saturated rings. The maximum absolute atomic E-state index is 13.6. The number of carboxylic acid groups (broad SMARTS) is 1. The molecule has 0 unspecified atom stereocenters. The van der Waals surface area contributed by atoms with Crippen molar-refractivity contribution in [3.8, 4) is 22.3 Å². The van der Waals surface area contributed by atoms with E-state index in [2.05, 4.69) is 0 Å². The molecule has 0 atom stereocenters. The van der Waals surface area contributed by atoms with Gasteiger partial charge in [-0.2, -0.15) is 0 Å². The summed E-state index contributed by atoms with van der Waals surface area (Å²) in [4.78, 5) is 11.8. The summed E-state index contributed by atoms with van der Waals surface area (Å²) in [5.41, 5.74) is 3.40. The first-order valence-electron chi connectivity index (χ1n) is 10.1. The smallest absolute Gasteiger partial charge is 0.336 e. The summed E-state index contributed by atoms with van der Waals surface area (Å²) in [6.45, 7) is 0. The van der Waals surface area contributed by atoms with E-state index in [4.69, 9.17) is 0 Å². The van der Waals surface area contributed by atoms with Crippen LogP contribution in [0, 0.1) is 17.5 Å². The van der Waals surface area contributed by atoms with E-state index in [0.717, 1.165) is 30.5 Å². The monoisotopic (exact) mass is 410 g/mol. The Kier molecular flexibility index (Phi) is 5.62. The molecule has 0 spiro atoms. The van der Waals surface area contributed by atoms with Gasteiger partial charge in [-0.3, -0.25) is 0 Å². The van der Waals surface area contributed by atoms with Crippen LogP contribution >= 0.6 is 0 Å². The van der Waals surface area contributed by atoms with Gasteiger partial charge in [-0.25, -0.2) is 18.0 Å². The van der Waals surface area contributed by atoms with Crippen molar-refractivity contribution in [3.63, 3.8) is 0 Å². The van der Waals surface area contributed by atoms with Crippen LogP contribution in [0.15, 0.2) is 54.6 Å². The summed E-state index contributed by atoms with van der Waals surface area (Å²) >= 11 is 0. The van der Waals surface area contributed by atoms with Crippen molar-refractivity contribution in [1.29, 1.82) is 0 Å². The van der Waals surface area contributed by atoms with Crippen LogP contribution in [0.1, 0.15) is 53.9 Å². The SMILES string of the molecule is O=C(O)c1ccc(C2CCCCC2)cc1-c1ccc(-c2cc(F)c(F)c(F)c2)cc1. The van der Waals surface area contributed by atoms with E-state index in [9.17, 15) is 23.1 Å². The highest BCUT2D eigenvalue weighted by atomic mass is 19.2. The molecule has 1 aliphatic carbocycles. The molecule has 154 valence electrons. The van der Waals surface area contributed by atoms with Crippen LogP contribution in [0.5, 0.6) is 0 Å². The van der Waals surface area contributed by atoms with E-state index in [1.54, 1.807) is 30.3 Å². The van der Waals surface area contributed by atoms with Crippen molar-refractivity contribution in [1.82, 2.24) is 0 Å². The highest BCUT2D eigenvalue weighted by Gasteiger charge is 2.19. The number of carboxylic acids is 1. The summed E-state index contributed by atoms with van der Waals surface area (Å²) in [5.74, 6) is -4.57. The molecule has 3 aromatic rings. The molecule has 3 aromatic carbocycles. The lowest BCUT2D eigenvalue weighted by atomic mass is 9.82. The van der Waals surface area contributed by atoms with Gasteiger partial charge in [-0.1, -0.05) is 55.7 Å². The first-order chi connectivity index (χ1) is 14.4. The topological polar surface area (TPSA) is 37.3 Å². The first-order valence-corrected chi connectivity index (χ1v) is 10.1. The zero-order valence-corrected chi connectivity index (χ0v) is 16.3. The van der Waals surface area contributed by atoms with Gasteiger partial charge >= 0.3 is 5.97 Å². The molecule has 1 aliphatic rings. The Bertz CT molecular complexity index is 1060. The van der Waals surface area contributed by atoms with Crippen LogP contribution < -0.4 is 0 Å². The minimum atomic E-state index is -1.50. The van der Waals surface area contributed by atoms with Gasteiger partial charge in [0.15, 0.2) is 17.5 Å². The number of halogens is 3. The molecule has 0 heterocycles. The fourth-order valence-electron chi connectivity index (χ4n) is 4.24. The van der Waals surface area contributed by atoms with E-state index in [1.807, 2.05) is 12.1 Å². The molecule has 0 amide bonds. The molecule has 0 aromatic heterocycles. The molecule has 1 saturated carbocycles. The Hall–Kier alpha value is -3.08. The number of hydrogen-bond acceptors (Lipinski definition) is 1. The maximum atomic E-state index is 13.6. The second-order valence-electron chi connectivity index (χ2n) is 7.78. The Morgan fingerprint density at radius 3 is 1.97 bits per heavy atom. The third-order valence-electron chi connectivity index (χ3n) is 5.86. The van der Waals surface area contributed by atoms with Crippen molar-refractivity contribution in [2.24, 2.45) is 0 Å². The standard InChI is InChI=1S/C25H21F3O2/c26-22-13-19(14-23(27)24(22)28)16-6-8-17(9-7-16)21-12-18(10-11-20(21)25(29)30)15-4-2-1-3-5-15/h6-15H,1-5H2,(H,29,30). The Labute approximate surface area is 173 Å². The van der Waals surface area contributed by atoms with E-state index in [1.165, 1.54) is 19.3 Å². The fourth-order valence-corrected chi connectivity index (χ4v) is 4.24. The zero-order chi connectivity index (χ0) is 21.3. The second-order valence-corrected chi connectivity index (χ2v) is 7.78. The number of hydrogen-bond donors (Lipinski definition) is 1. The van der Waals surface area contributed by atoms with Gasteiger partial charge in [0.25, 0.3) is 0 Å². The summed E-state index contributed by atoms with van der Waals surface area (Å²) in [5, 5.41) is 9.63. The lowest BCUT2D eigenvalue weighted by Crippen LogP contribution is -2.06. The molecular formula is C25H21F3O2. The summed E-state index contributed by atoms with van der Waals surface area (Å²) in [6, 6.07) is 14.1.